The molecule has 0 saturated carbocycles. The summed E-state index contributed by atoms with van der Waals surface area (Å²) in [6, 6.07) is 0. The lowest BCUT2D eigenvalue weighted by molar-refractivity contribution is -0.138. The summed E-state index contributed by atoms with van der Waals surface area (Å²) in [5.74, 6) is -0.795. The highest BCUT2D eigenvalue weighted by Crippen LogP contribution is 2.03. The maximum atomic E-state index is 10.4. The van der Waals surface area contributed by atoms with Crippen molar-refractivity contribution in [3.63, 3.8) is 0 Å². The summed E-state index contributed by atoms with van der Waals surface area (Å²) in [6.07, 6.45) is 0.137. The average Bonchev–Trinajstić information content (AvgIpc) is 2.01. The van der Waals surface area contributed by atoms with Crippen LogP contribution in [0.3, 0.4) is 0 Å². The zero-order valence-electron chi connectivity index (χ0n) is 8.77. The van der Waals surface area contributed by atoms with Crippen LogP contribution < -0.4 is 0 Å². The fraction of sp³-hybridized carbons (Fsp3) is 0.889. The second kappa shape index (κ2) is 5.29. The van der Waals surface area contributed by atoms with Crippen LogP contribution in [-0.2, 0) is 9.53 Å². The molecule has 14 heavy (non-hydrogen) atoms. The molecular weight excluding hydrogens is 184 g/mol. The average molecular weight is 202 g/mol. The molecule has 0 bridgehead atoms. The molecule has 1 rings (SSSR count). The SMILES string of the molecule is CN1CCOC(CN(C)CC(=O)O)C1. The molecule has 5 heteroatoms. The van der Waals surface area contributed by atoms with Crippen molar-refractivity contribution in [1.29, 1.82) is 0 Å². The topological polar surface area (TPSA) is 53.0 Å². The first-order chi connectivity index (χ1) is 6.58. The maximum absolute atomic E-state index is 10.4. The molecule has 1 fully saturated rings. The Morgan fingerprint density at radius 1 is 1.71 bits per heavy atom. The Balaban J connectivity index is 2.25. The van der Waals surface area contributed by atoms with Crippen molar-refractivity contribution in [3.05, 3.63) is 0 Å². The molecule has 5 nitrogen and oxygen atoms in total. The van der Waals surface area contributed by atoms with Gasteiger partial charge in [-0.2, -0.15) is 0 Å². The molecule has 1 N–H and O–H groups in total. The third-order valence-corrected chi connectivity index (χ3v) is 2.26. The van der Waals surface area contributed by atoms with Crippen LogP contribution in [-0.4, -0.2) is 73.9 Å². The van der Waals surface area contributed by atoms with Crippen LogP contribution in [0.5, 0.6) is 0 Å². The lowest BCUT2D eigenvalue weighted by Gasteiger charge is -2.32. The molecule has 1 aliphatic heterocycles. The van der Waals surface area contributed by atoms with Gasteiger partial charge in [-0.05, 0) is 14.1 Å². The van der Waals surface area contributed by atoms with E-state index >= 15 is 0 Å². The van der Waals surface area contributed by atoms with Gasteiger partial charge in [0, 0.05) is 19.6 Å². The third-order valence-electron chi connectivity index (χ3n) is 2.26. The molecule has 1 saturated heterocycles. The van der Waals surface area contributed by atoms with E-state index < -0.39 is 5.97 Å². The molecule has 0 aliphatic carbocycles. The number of hydrogen-bond acceptors (Lipinski definition) is 4. The summed E-state index contributed by atoms with van der Waals surface area (Å²) in [5, 5.41) is 8.57. The summed E-state index contributed by atoms with van der Waals surface area (Å²) in [7, 11) is 3.85. The molecular formula is C9H18N2O3. The number of carbonyl (C=O) groups is 1. The second-order valence-corrected chi connectivity index (χ2v) is 3.85. The largest absolute Gasteiger partial charge is 0.480 e. The minimum absolute atomic E-state index is 0.0730. The number of hydrogen-bond donors (Lipinski definition) is 1. The molecule has 0 aromatic heterocycles. The van der Waals surface area contributed by atoms with E-state index in [2.05, 4.69) is 4.90 Å². The molecule has 0 aromatic rings. The predicted octanol–water partition coefficient (Wildman–Crippen LogP) is -0.667. The van der Waals surface area contributed by atoms with E-state index in [1.54, 1.807) is 11.9 Å². The molecule has 0 amide bonds. The Kier molecular flexibility index (Phi) is 4.31. The maximum Gasteiger partial charge on any atom is 0.317 e. The van der Waals surface area contributed by atoms with E-state index in [0.717, 1.165) is 19.7 Å². The van der Waals surface area contributed by atoms with Gasteiger partial charge in [0.2, 0.25) is 0 Å². The summed E-state index contributed by atoms with van der Waals surface area (Å²) in [4.78, 5) is 14.4. The molecule has 1 unspecified atom stereocenters. The quantitative estimate of drug-likeness (QED) is 0.655. The van der Waals surface area contributed by atoms with E-state index in [-0.39, 0.29) is 12.6 Å². The number of likely N-dealkylation sites (N-methyl/N-ethyl adjacent to an activating group) is 2. The van der Waals surface area contributed by atoms with Crippen molar-refractivity contribution < 1.29 is 14.6 Å². The molecule has 0 radical (unpaired) electrons. The third kappa shape index (κ3) is 4.04. The van der Waals surface area contributed by atoms with Crippen LogP contribution in [0.1, 0.15) is 0 Å². The van der Waals surface area contributed by atoms with Crippen LogP contribution in [0.25, 0.3) is 0 Å². The Morgan fingerprint density at radius 3 is 3.00 bits per heavy atom. The molecule has 82 valence electrons. The first-order valence-electron chi connectivity index (χ1n) is 4.78. The van der Waals surface area contributed by atoms with Crippen molar-refractivity contribution >= 4 is 5.97 Å². The highest BCUT2D eigenvalue weighted by Gasteiger charge is 2.19. The second-order valence-electron chi connectivity index (χ2n) is 3.85. The predicted molar refractivity (Wildman–Crippen MR) is 52.4 cm³/mol. The summed E-state index contributed by atoms with van der Waals surface area (Å²) < 4.78 is 5.52. The van der Waals surface area contributed by atoms with Crippen LogP contribution in [0, 0.1) is 0 Å². The standard InChI is InChI=1S/C9H18N2O3/c1-10-3-4-14-8(5-10)6-11(2)7-9(12)13/h8H,3-7H2,1-2H3,(H,12,13). The van der Waals surface area contributed by atoms with E-state index in [0.29, 0.717) is 6.54 Å². The van der Waals surface area contributed by atoms with Crippen LogP contribution in [0.2, 0.25) is 0 Å². The number of aliphatic carboxylic acids is 1. The van der Waals surface area contributed by atoms with Gasteiger partial charge < -0.3 is 14.7 Å². The van der Waals surface area contributed by atoms with E-state index in [1.807, 2.05) is 7.05 Å². The number of ether oxygens (including phenoxy) is 1. The van der Waals surface area contributed by atoms with Gasteiger partial charge in [0.25, 0.3) is 0 Å². The van der Waals surface area contributed by atoms with Crippen molar-refractivity contribution in [2.24, 2.45) is 0 Å². The lowest BCUT2D eigenvalue weighted by Crippen LogP contribution is -2.46. The van der Waals surface area contributed by atoms with Crippen LogP contribution in [0.15, 0.2) is 0 Å². The number of rotatable bonds is 4. The highest BCUT2D eigenvalue weighted by molar-refractivity contribution is 5.68. The Hall–Kier alpha value is -0.650. The number of carboxylic acid groups (broad SMARTS) is 1. The van der Waals surface area contributed by atoms with Gasteiger partial charge in [-0.25, -0.2) is 0 Å². The van der Waals surface area contributed by atoms with Gasteiger partial charge in [-0.15, -0.1) is 0 Å². The Labute approximate surface area is 84.2 Å². The molecule has 1 heterocycles. The lowest BCUT2D eigenvalue weighted by atomic mass is 10.2. The Morgan fingerprint density at radius 2 is 2.43 bits per heavy atom. The monoisotopic (exact) mass is 202 g/mol. The van der Waals surface area contributed by atoms with E-state index in [9.17, 15) is 4.79 Å². The van der Waals surface area contributed by atoms with Crippen LogP contribution in [0.4, 0.5) is 0 Å². The number of morpholine rings is 1. The van der Waals surface area contributed by atoms with Crippen molar-refractivity contribution in [3.8, 4) is 0 Å². The summed E-state index contributed by atoms with van der Waals surface area (Å²) in [5.41, 5.74) is 0. The van der Waals surface area contributed by atoms with Gasteiger partial charge >= 0.3 is 5.97 Å². The van der Waals surface area contributed by atoms with E-state index in [4.69, 9.17) is 9.84 Å². The zero-order chi connectivity index (χ0) is 10.6. The smallest absolute Gasteiger partial charge is 0.317 e. The molecule has 0 aromatic carbocycles. The van der Waals surface area contributed by atoms with Crippen molar-refractivity contribution in [1.82, 2.24) is 9.80 Å². The van der Waals surface area contributed by atoms with Gasteiger partial charge in [-0.3, -0.25) is 9.69 Å². The Bertz CT molecular complexity index is 198. The van der Waals surface area contributed by atoms with Crippen molar-refractivity contribution in [2.75, 3.05) is 46.9 Å². The first kappa shape index (κ1) is 11.4. The van der Waals surface area contributed by atoms with Crippen molar-refractivity contribution in [2.45, 2.75) is 6.10 Å². The van der Waals surface area contributed by atoms with Crippen LogP contribution >= 0.6 is 0 Å². The normalized spacial score (nSPS) is 24.1. The first-order valence-corrected chi connectivity index (χ1v) is 4.78. The molecule has 1 atom stereocenters. The fourth-order valence-electron chi connectivity index (χ4n) is 1.62. The minimum atomic E-state index is -0.795. The molecule has 1 aliphatic rings. The molecule has 0 spiro atoms. The van der Waals surface area contributed by atoms with E-state index in [1.165, 1.54) is 0 Å². The summed E-state index contributed by atoms with van der Waals surface area (Å²) in [6.45, 7) is 3.32. The number of nitrogens with zero attached hydrogens (tertiary/aromatic N) is 2. The van der Waals surface area contributed by atoms with Gasteiger partial charge in [0.05, 0.1) is 19.3 Å². The van der Waals surface area contributed by atoms with Gasteiger partial charge in [0.1, 0.15) is 0 Å². The number of carboxylic acids is 1. The minimum Gasteiger partial charge on any atom is -0.480 e. The summed E-state index contributed by atoms with van der Waals surface area (Å²) >= 11 is 0. The fourth-order valence-corrected chi connectivity index (χ4v) is 1.62. The highest BCUT2D eigenvalue weighted by atomic mass is 16.5. The van der Waals surface area contributed by atoms with Gasteiger partial charge in [-0.1, -0.05) is 0 Å². The van der Waals surface area contributed by atoms with Gasteiger partial charge in [0.15, 0.2) is 0 Å². The zero-order valence-corrected chi connectivity index (χ0v) is 8.77.